The molecule has 0 amide bonds. The van der Waals surface area contributed by atoms with Crippen molar-refractivity contribution in [3.63, 3.8) is 0 Å². The van der Waals surface area contributed by atoms with Gasteiger partial charge in [-0.05, 0) is 55.5 Å². The van der Waals surface area contributed by atoms with Crippen molar-refractivity contribution < 1.29 is 9.47 Å². The predicted molar refractivity (Wildman–Crippen MR) is 76.1 cm³/mol. The zero-order valence-electron chi connectivity index (χ0n) is 11.7. The smallest absolute Gasteiger partial charge is 0.161 e. The molecule has 1 aromatic carbocycles. The number of hydrogen-bond acceptors (Lipinski definition) is 3. The molecule has 1 aliphatic heterocycles. The Kier molecular flexibility index (Phi) is 3.92. The van der Waals surface area contributed by atoms with Gasteiger partial charge >= 0.3 is 0 Å². The molecule has 0 aromatic heterocycles. The van der Waals surface area contributed by atoms with Crippen LogP contribution in [0.2, 0.25) is 0 Å². The van der Waals surface area contributed by atoms with Gasteiger partial charge in [-0.1, -0.05) is 13.0 Å². The second-order valence-corrected chi connectivity index (χ2v) is 5.56. The van der Waals surface area contributed by atoms with E-state index in [1.807, 2.05) is 0 Å². The minimum absolute atomic E-state index is 0.710. The third-order valence-corrected chi connectivity index (χ3v) is 3.96. The summed E-state index contributed by atoms with van der Waals surface area (Å²) in [6, 6.07) is 6.47. The van der Waals surface area contributed by atoms with Crippen LogP contribution in [0, 0.1) is 5.92 Å². The van der Waals surface area contributed by atoms with E-state index in [9.17, 15) is 0 Å². The minimum Gasteiger partial charge on any atom is -0.490 e. The number of fused-ring (bicyclic) bond motifs is 1. The van der Waals surface area contributed by atoms with E-state index in [1.54, 1.807) is 0 Å². The monoisotopic (exact) mass is 261 g/mol. The van der Waals surface area contributed by atoms with Crippen molar-refractivity contribution in [1.29, 1.82) is 0 Å². The highest BCUT2D eigenvalue weighted by Crippen LogP contribution is 2.48. The first kappa shape index (κ1) is 12.8. The Hall–Kier alpha value is -1.22. The molecular weight excluding hydrogens is 238 g/mol. The number of benzene rings is 1. The van der Waals surface area contributed by atoms with Gasteiger partial charge in [-0.25, -0.2) is 0 Å². The summed E-state index contributed by atoms with van der Waals surface area (Å²) < 4.78 is 11.4. The lowest BCUT2D eigenvalue weighted by Crippen LogP contribution is -2.17. The molecule has 1 aliphatic carbocycles. The first-order valence-corrected chi connectivity index (χ1v) is 7.48. The third-order valence-electron chi connectivity index (χ3n) is 3.96. The Morgan fingerprint density at radius 3 is 2.89 bits per heavy atom. The fourth-order valence-electron chi connectivity index (χ4n) is 2.76. The summed E-state index contributed by atoms with van der Waals surface area (Å²) in [4.78, 5) is 0. The van der Waals surface area contributed by atoms with Gasteiger partial charge in [-0.15, -0.1) is 0 Å². The number of nitrogens with one attached hydrogen (secondary N) is 1. The lowest BCUT2D eigenvalue weighted by molar-refractivity contribution is 0.297. The van der Waals surface area contributed by atoms with Crippen LogP contribution in [0.25, 0.3) is 0 Å². The van der Waals surface area contributed by atoms with E-state index in [2.05, 4.69) is 30.4 Å². The summed E-state index contributed by atoms with van der Waals surface area (Å²) in [5.41, 5.74) is 1.41. The summed E-state index contributed by atoms with van der Waals surface area (Å²) >= 11 is 0. The summed E-state index contributed by atoms with van der Waals surface area (Å²) in [5.74, 6) is 3.35. The standard InChI is InChI=1S/C16H23NO2/c1-2-6-17-11-13-9-14(13)12-4-5-15-16(10-12)19-8-3-7-18-15/h4-5,10,13-14,17H,2-3,6-9,11H2,1H3. The van der Waals surface area contributed by atoms with Crippen molar-refractivity contribution in [3.8, 4) is 11.5 Å². The lowest BCUT2D eigenvalue weighted by Gasteiger charge is -2.09. The van der Waals surface area contributed by atoms with E-state index in [1.165, 1.54) is 18.4 Å². The second-order valence-electron chi connectivity index (χ2n) is 5.56. The van der Waals surface area contributed by atoms with Gasteiger partial charge in [0.2, 0.25) is 0 Å². The predicted octanol–water partition coefficient (Wildman–Crippen LogP) is 2.95. The van der Waals surface area contributed by atoms with E-state index in [4.69, 9.17) is 9.47 Å². The molecule has 3 nitrogen and oxygen atoms in total. The number of ether oxygens (including phenoxy) is 2. The SMILES string of the molecule is CCCNCC1CC1c1ccc2c(c1)OCCCO2. The van der Waals surface area contributed by atoms with Crippen LogP contribution in [0.3, 0.4) is 0 Å². The molecule has 2 atom stereocenters. The topological polar surface area (TPSA) is 30.5 Å². The van der Waals surface area contributed by atoms with Crippen LogP contribution in [0.1, 0.15) is 37.7 Å². The maximum atomic E-state index is 5.76. The average molecular weight is 261 g/mol. The molecule has 0 saturated heterocycles. The molecule has 19 heavy (non-hydrogen) atoms. The molecule has 0 spiro atoms. The molecule has 2 aliphatic rings. The molecule has 2 unspecified atom stereocenters. The molecule has 1 fully saturated rings. The van der Waals surface area contributed by atoms with Gasteiger partial charge in [0.25, 0.3) is 0 Å². The number of hydrogen-bond donors (Lipinski definition) is 1. The van der Waals surface area contributed by atoms with Crippen LogP contribution < -0.4 is 14.8 Å². The van der Waals surface area contributed by atoms with Gasteiger partial charge in [0.15, 0.2) is 11.5 Å². The molecule has 3 rings (SSSR count). The fraction of sp³-hybridized carbons (Fsp3) is 0.625. The third kappa shape index (κ3) is 3.03. The maximum Gasteiger partial charge on any atom is 0.161 e. The molecule has 3 heteroatoms. The van der Waals surface area contributed by atoms with Gasteiger partial charge in [0.05, 0.1) is 13.2 Å². The van der Waals surface area contributed by atoms with Crippen LogP contribution in [-0.4, -0.2) is 26.3 Å². The maximum absolute atomic E-state index is 5.76. The average Bonchev–Trinajstić information content (AvgIpc) is 3.21. The Labute approximate surface area is 115 Å². The Morgan fingerprint density at radius 2 is 2.05 bits per heavy atom. The van der Waals surface area contributed by atoms with Gasteiger partial charge in [0.1, 0.15) is 0 Å². The summed E-state index contributed by atoms with van der Waals surface area (Å²) in [6.07, 6.45) is 3.48. The Balaban J connectivity index is 1.62. The van der Waals surface area contributed by atoms with Crippen LogP contribution in [-0.2, 0) is 0 Å². The largest absolute Gasteiger partial charge is 0.490 e. The van der Waals surface area contributed by atoms with Crippen LogP contribution >= 0.6 is 0 Å². The first-order valence-electron chi connectivity index (χ1n) is 7.48. The molecule has 1 saturated carbocycles. The molecule has 0 radical (unpaired) electrons. The quantitative estimate of drug-likeness (QED) is 0.827. The summed E-state index contributed by atoms with van der Waals surface area (Å²) in [7, 11) is 0. The van der Waals surface area contributed by atoms with Gasteiger partial charge < -0.3 is 14.8 Å². The highest BCUT2D eigenvalue weighted by Gasteiger charge is 2.38. The molecule has 1 aromatic rings. The summed E-state index contributed by atoms with van der Waals surface area (Å²) in [5, 5.41) is 3.51. The van der Waals surface area contributed by atoms with E-state index in [0.29, 0.717) is 5.92 Å². The van der Waals surface area contributed by atoms with Crippen molar-refractivity contribution in [2.75, 3.05) is 26.3 Å². The molecule has 0 bridgehead atoms. The van der Waals surface area contributed by atoms with E-state index in [-0.39, 0.29) is 0 Å². The van der Waals surface area contributed by atoms with Crippen molar-refractivity contribution in [2.45, 2.75) is 32.1 Å². The second kappa shape index (κ2) is 5.83. The van der Waals surface area contributed by atoms with Crippen LogP contribution in [0.15, 0.2) is 18.2 Å². The molecular formula is C16H23NO2. The highest BCUT2D eigenvalue weighted by atomic mass is 16.5. The molecule has 1 N–H and O–H groups in total. The zero-order valence-corrected chi connectivity index (χ0v) is 11.7. The van der Waals surface area contributed by atoms with Crippen LogP contribution in [0.4, 0.5) is 0 Å². The van der Waals surface area contributed by atoms with Crippen LogP contribution in [0.5, 0.6) is 11.5 Å². The van der Waals surface area contributed by atoms with Crippen molar-refractivity contribution >= 4 is 0 Å². The lowest BCUT2D eigenvalue weighted by atomic mass is 10.1. The van der Waals surface area contributed by atoms with Crippen molar-refractivity contribution in [2.24, 2.45) is 5.92 Å². The van der Waals surface area contributed by atoms with Crippen molar-refractivity contribution in [1.82, 2.24) is 5.32 Å². The molecule has 104 valence electrons. The highest BCUT2D eigenvalue weighted by molar-refractivity contribution is 5.45. The zero-order chi connectivity index (χ0) is 13.1. The fourth-order valence-corrected chi connectivity index (χ4v) is 2.76. The van der Waals surface area contributed by atoms with Gasteiger partial charge in [-0.3, -0.25) is 0 Å². The van der Waals surface area contributed by atoms with E-state index >= 15 is 0 Å². The first-order chi connectivity index (χ1) is 9.38. The Bertz CT molecular complexity index is 433. The number of rotatable bonds is 5. The van der Waals surface area contributed by atoms with Crippen molar-refractivity contribution in [3.05, 3.63) is 23.8 Å². The minimum atomic E-state index is 0.710. The Morgan fingerprint density at radius 1 is 1.21 bits per heavy atom. The van der Waals surface area contributed by atoms with E-state index < -0.39 is 0 Å². The normalized spacial score (nSPS) is 24.9. The van der Waals surface area contributed by atoms with Gasteiger partial charge in [0, 0.05) is 6.42 Å². The molecule has 1 heterocycles. The summed E-state index contributed by atoms with van der Waals surface area (Å²) in [6.45, 7) is 6.01. The van der Waals surface area contributed by atoms with Gasteiger partial charge in [-0.2, -0.15) is 0 Å². The van der Waals surface area contributed by atoms with E-state index in [0.717, 1.165) is 50.1 Å².